The molecule has 0 amide bonds. The summed E-state index contributed by atoms with van der Waals surface area (Å²) in [5.41, 5.74) is 1.62. The highest BCUT2D eigenvalue weighted by atomic mass is 16.5. The van der Waals surface area contributed by atoms with Gasteiger partial charge in [-0.15, -0.1) is 11.8 Å². The summed E-state index contributed by atoms with van der Waals surface area (Å²) in [6, 6.07) is 0. The molecule has 2 saturated carbocycles. The average molecular weight is 371 g/mol. The number of esters is 1. The van der Waals surface area contributed by atoms with Crippen molar-refractivity contribution in [2.45, 2.75) is 72.6 Å². The van der Waals surface area contributed by atoms with Gasteiger partial charge in [-0.2, -0.15) is 0 Å². The standard InChI is InChI=1S/C25H38O2/c1-6-7-10-18(2)19(3)13-14-23-20(4)15-22-16-21(17-24(22)23)11-8-9-12-25(26)27-5/h11,13-14,18-20,22-24H,8-10,12,15-17H2,1-5H3/b14-13+,21-11+/t18?,19-,20-,22-,23+,24+/m1/s1. The Bertz CT molecular complexity index is 604. The number of unbranched alkanes of at least 4 members (excludes halogenated alkanes) is 1. The molecular weight excluding hydrogens is 332 g/mol. The van der Waals surface area contributed by atoms with E-state index < -0.39 is 0 Å². The number of allylic oxidation sites excluding steroid dienone is 4. The van der Waals surface area contributed by atoms with Gasteiger partial charge in [0.05, 0.1) is 7.11 Å². The van der Waals surface area contributed by atoms with Gasteiger partial charge in [0.25, 0.3) is 0 Å². The van der Waals surface area contributed by atoms with Crippen molar-refractivity contribution in [1.82, 2.24) is 0 Å². The first-order chi connectivity index (χ1) is 13.0. The summed E-state index contributed by atoms with van der Waals surface area (Å²) in [6.45, 7) is 9.00. The van der Waals surface area contributed by atoms with Crippen LogP contribution in [0, 0.1) is 47.3 Å². The maximum Gasteiger partial charge on any atom is 0.305 e. The molecule has 2 fully saturated rings. The number of carbonyl (C=O) groups excluding carboxylic acids is 1. The van der Waals surface area contributed by atoms with Gasteiger partial charge in [-0.3, -0.25) is 4.79 Å². The average Bonchev–Trinajstić information content (AvgIpc) is 3.17. The Morgan fingerprint density at radius 3 is 2.81 bits per heavy atom. The third-order valence-electron chi connectivity index (χ3n) is 6.83. The lowest BCUT2D eigenvalue weighted by Crippen LogP contribution is -2.12. The largest absolute Gasteiger partial charge is 0.469 e. The molecule has 2 heteroatoms. The van der Waals surface area contributed by atoms with Crippen LogP contribution < -0.4 is 0 Å². The lowest BCUT2D eigenvalue weighted by atomic mass is 9.85. The van der Waals surface area contributed by atoms with Crippen molar-refractivity contribution in [3.8, 4) is 11.8 Å². The van der Waals surface area contributed by atoms with Crippen molar-refractivity contribution in [1.29, 1.82) is 0 Å². The normalized spacial score (nSPS) is 30.8. The second-order valence-electron chi connectivity index (χ2n) is 8.81. The first kappa shape index (κ1) is 21.8. The molecule has 0 spiro atoms. The molecule has 1 unspecified atom stereocenters. The van der Waals surface area contributed by atoms with Gasteiger partial charge < -0.3 is 4.74 Å². The van der Waals surface area contributed by atoms with Crippen LogP contribution in [0.2, 0.25) is 0 Å². The van der Waals surface area contributed by atoms with Crippen LogP contribution in [0.15, 0.2) is 23.8 Å². The zero-order valence-corrected chi connectivity index (χ0v) is 18.0. The lowest BCUT2D eigenvalue weighted by molar-refractivity contribution is -0.140. The number of ether oxygens (including phenoxy) is 1. The number of hydrogen-bond donors (Lipinski definition) is 0. The maximum absolute atomic E-state index is 11.2. The van der Waals surface area contributed by atoms with Crippen molar-refractivity contribution in [3.63, 3.8) is 0 Å². The van der Waals surface area contributed by atoms with Crippen molar-refractivity contribution in [2.24, 2.45) is 35.5 Å². The molecule has 0 aromatic heterocycles. The highest BCUT2D eigenvalue weighted by Crippen LogP contribution is 2.53. The third kappa shape index (κ3) is 6.27. The van der Waals surface area contributed by atoms with Gasteiger partial charge in [0.2, 0.25) is 0 Å². The Morgan fingerprint density at radius 1 is 1.33 bits per heavy atom. The van der Waals surface area contributed by atoms with Crippen LogP contribution >= 0.6 is 0 Å². The van der Waals surface area contributed by atoms with Crippen molar-refractivity contribution >= 4 is 5.97 Å². The van der Waals surface area contributed by atoms with Gasteiger partial charge in [-0.25, -0.2) is 0 Å². The van der Waals surface area contributed by atoms with E-state index in [1.54, 1.807) is 5.57 Å². The monoisotopic (exact) mass is 370 g/mol. The fourth-order valence-electron chi connectivity index (χ4n) is 4.90. The molecule has 0 heterocycles. The minimum Gasteiger partial charge on any atom is -0.469 e. The summed E-state index contributed by atoms with van der Waals surface area (Å²) in [6.07, 6.45) is 14.7. The Morgan fingerprint density at radius 2 is 2.11 bits per heavy atom. The fraction of sp³-hybridized carbons (Fsp3) is 0.720. The third-order valence-corrected chi connectivity index (χ3v) is 6.83. The number of carbonyl (C=O) groups is 1. The summed E-state index contributed by atoms with van der Waals surface area (Å²) in [7, 11) is 1.46. The molecule has 0 aliphatic heterocycles. The van der Waals surface area contributed by atoms with Crippen LogP contribution in [0.4, 0.5) is 0 Å². The van der Waals surface area contributed by atoms with Gasteiger partial charge in [0, 0.05) is 12.8 Å². The van der Waals surface area contributed by atoms with E-state index in [1.807, 2.05) is 6.92 Å². The molecule has 27 heavy (non-hydrogen) atoms. The molecule has 0 aromatic carbocycles. The Hall–Kier alpha value is -1.49. The van der Waals surface area contributed by atoms with Gasteiger partial charge in [-0.1, -0.05) is 44.6 Å². The van der Waals surface area contributed by atoms with Crippen LogP contribution in [-0.2, 0) is 9.53 Å². The minimum absolute atomic E-state index is 0.0935. The lowest BCUT2D eigenvalue weighted by Gasteiger charge is -2.20. The van der Waals surface area contributed by atoms with Gasteiger partial charge in [0.1, 0.15) is 0 Å². The van der Waals surface area contributed by atoms with E-state index in [-0.39, 0.29) is 5.97 Å². The molecule has 2 nitrogen and oxygen atoms in total. The molecule has 150 valence electrons. The second kappa shape index (κ2) is 10.7. The fourth-order valence-corrected chi connectivity index (χ4v) is 4.90. The second-order valence-corrected chi connectivity index (χ2v) is 8.81. The van der Waals surface area contributed by atoms with Crippen LogP contribution in [0.5, 0.6) is 0 Å². The van der Waals surface area contributed by atoms with Crippen LogP contribution in [0.3, 0.4) is 0 Å². The maximum atomic E-state index is 11.2. The van der Waals surface area contributed by atoms with Gasteiger partial charge in [-0.05, 0) is 74.5 Å². The van der Waals surface area contributed by atoms with E-state index in [1.165, 1.54) is 26.4 Å². The Kier molecular flexibility index (Phi) is 8.68. The van der Waals surface area contributed by atoms with E-state index in [4.69, 9.17) is 4.74 Å². The van der Waals surface area contributed by atoms with Gasteiger partial charge >= 0.3 is 5.97 Å². The molecule has 0 radical (unpaired) electrons. The summed E-state index contributed by atoms with van der Waals surface area (Å²) >= 11 is 0. The molecule has 0 bridgehead atoms. The Balaban J connectivity index is 1.87. The van der Waals surface area contributed by atoms with Crippen LogP contribution in [0.1, 0.15) is 72.6 Å². The summed E-state index contributed by atoms with van der Waals surface area (Å²) in [4.78, 5) is 11.2. The molecular formula is C25H38O2. The first-order valence-electron chi connectivity index (χ1n) is 10.8. The van der Waals surface area contributed by atoms with Crippen LogP contribution in [-0.4, -0.2) is 13.1 Å². The van der Waals surface area contributed by atoms with E-state index in [2.05, 4.69) is 50.8 Å². The molecule has 2 aliphatic carbocycles. The molecule has 0 aromatic rings. The van der Waals surface area contributed by atoms with Crippen molar-refractivity contribution in [3.05, 3.63) is 23.8 Å². The van der Waals surface area contributed by atoms with Gasteiger partial charge in [0.15, 0.2) is 0 Å². The number of fused-ring (bicyclic) bond motifs is 1. The van der Waals surface area contributed by atoms with Crippen molar-refractivity contribution < 1.29 is 9.53 Å². The summed E-state index contributed by atoms with van der Waals surface area (Å²) in [5, 5.41) is 0. The van der Waals surface area contributed by atoms with E-state index in [9.17, 15) is 4.79 Å². The quantitative estimate of drug-likeness (QED) is 0.221. The molecule has 0 saturated heterocycles. The first-order valence-corrected chi connectivity index (χ1v) is 10.8. The molecule has 2 rings (SSSR count). The smallest absolute Gasteiger partial charge is 0.305 e. The molecule has 6 atom stereocenters. The highest BCUT2D eigenvalue weighted by molar-refractivity contribution is 5.69. The zero-order valence-electron chi connectivity index (χ0n) is 18.0. The summed E-state index contributed by atoms with van der Waals surface area (Å²) in [5.74, 6) is 10.6. The SMILES string of the molecule is CC#CCC(C)[C@H](C)/C=C/[C@@H]1[C@H]2C/C(=C/CCCC(=O)OC)C[C@H]2C[C@H]1C. The molecule has 2 aliphatic rings. The zero-order chi connectivity index (χ0) is 19.8. The Labute approximate surface area is 166 Å². The van der Waals surface area contributed by atoms with E-state index in [0.717, 1.165) is 42.9 Å². The highest BCUT2D eigenvalue weighted by Gasteiger charge is 2.43. The van der Waals surface area contributed by atoms with Crippen LogP contribution in [0.25, 0.3) is 0 Å². The number of rotatable bonds is 8. The van der Waals surface area contributed by atoms with E-state index in [0.29, 0.717) is 18.3 Å². The number of methoxy groups -OCH3 is 1. The predicted octanol–water partition coefficient (Wildman–Crippen LogP) is 6.18. The minimum atomic E-state index is -0.0935. The predicted molar refractivity (Wildman–Crippen MR) is 113 cm³/mol. The topological polar surface area (TPSA) is 26.3 Å². The van der Waals surface area contributed by atoms with Crippen molar-refractivity contribution in [2.75, 3.05) is 7.11 Å². The number of hydrogen-bond acceptors (Lipinski definition) is 2. The molecule has 0 N–H and O–H groups in total. The summed E-state index contributed by atoms with van der Waals surface area (Å²) < 4.78 is 4.72. The van der Waals surface area contributed by atoms with E-state index >= 15 is 0 Å².